The second-order valence-corrected chi connectivity index (χ2v) is 8.04. The van der Waals surface area contributed by atoms with Crippen LogP contribution in [0.1, 0.15) is 0 Å². The first-order valence-electron chi connectivity index (χ1n) is 10.8. The van der Waals surface area contributed by atoms with E-state index in [1.165, 1.54) is 0 Å². The Morgan fingerprint density at radius 1 is 0.576 bits per heavy atom. The molecule has 33 heavy (non-hydrogen) atoms. The van der Waals surface area contributed by atoms with Crippen molar-refractivity contribution >= 4 is 43.7 Å². The van der Waals surface area contributed by atoms with Crippen molar-refractivity contribution in [1.29, 1.82) is 0 Å². The summed E-state index contributed by atoms with van der Waals surface area (Å²) in [5.74, 6) is 0.824. The molecule has 0 aliphatic heterocycles. The van der Waals surface area contributed by atoms with Crippen LogP contribution in [0, 0.1) is 0 Å². The van der Waals surface area contributed by atoms with Crippen molar-refractivity contribution < 1.29 is 0 Å². The molecule has 5 heteroatoms. The minimum Gasteiger partial charge on any atom is -0.278 e. The number of hydrogen-bond acceptors (Lipinski definition) is 4. The van der Waals surface area contributed by atoms with Gasteiger partial charge in [-0.05, 0) is 54.6 Å². The molecule has 0 radical (unpaired) electrons. The van der Waals surface area contributed by atoms with E-state index in [9.17, 15) is 0 Å². The molecule has 0 aliphatic carbocycles. The predicted molar refractivity (Wildman–Crippen MR) is 132 cm³/mol. The highest BCUT2D eigenvalue weighted by molar-refractivity contribution is 6.09. The summed E-state index contributed by atoms with van der Waals surface area (Å²) in [6, 6.07) is 28.9. The van der Waals surface area contributed by atoms with E-state index in [-0.39, 0.29) is 0 Å². The number of aromatic nitrogens is 5. The molecule has 0 spiro atoms. The van der Waals surface area contributed by atoms with E-state index in [0.29, 0.717) is 0 Å². The van der Waals surface area contributed by atoms with Gasteiger partial charge in [-0.1, -0.05) is 30.3 Å². The van der Waals surface area contributed by atoms with Crippen LogP contribution in [0.15, 0.2) is 104 Å². The number of rotatable bonds is 2. The van der Waals surface area contributed by atoms with Crippen molar-refractivity contribution in [3.63, 3.8) is 0 Å². The van der Waals surface area contributed by atoms with Crippen molar-refractivity contribution in [2.24, 2.45) is 0 Å². The van der Waals surface area contributed by atoms with Gasteiger partial charge in [0.1, 0.15) is 11.5 Å². The first-order chi connectivity index (χ1) is 16.4. The smallest absolute Gasteiger partial charge is 0.146 e. The zero-order valence-electron chi connectivity index (χ0n) is 17.6. The third-order valence-electron chi connectivity index (χ3n) is 6.13. The molecule has 5 nitrogen and oxygen atoms in total. The van der Waals surface area contributed by atoms with E-state index in [0.717, 1.165) is 60.8 Å². The van der Waals surface area contributed by atoms with Gasteiger partial charge in [0.15, 0.2) is 0 Å². The summed E-state index contributed by atoms with van der Waals surface area (Å²) in [6.45, 7) is 0. The minimum atomic E-state index is 0.824. The van der Waals surface area contributed by atoms with Gasteiger partial charge in [0.25, 0.3) is 0 Å². The SMILES string of the molecule is c1ccc(-c2ccc3c(c2)c2cccnc2n3-c2ccc3ccc4cccnc4c3n2)nc1. The van der Waals surface area contributed by atoms with Gasteiger partial charge in [-0.2, -0.15) is 0 Å². The largest absolute Gasteiger partial charge is 0.278 e. The maximum atomic E-state index is 5.07. The van der Waals surface area contributed by atoms with E-state index in [1.807, 2.05) is 48.9 Å². The molecular weight excluding hydrogens is 406 g/mol. The van der Waals surface area contributed by atoms with E-state index < -0.39 is 0 Å². The van der Waals surface area contributed by atoms with Crippen LogP contribution in [0.25, 0.3) is 60.8 Å². The first kappa shape index (κ1) is 18.0. The monoisotopic (exact) mass is 423 g/mol. The summed E-state index contributed by atoms with van der Waals surface area (Å²) in [5, 5.41) is 4.36. The van der Waals surface area contributed by atoms with Crippen LogP contribution >= 0.6 is 0 Å². The van der Waals surface area contributed by atoms with Crippen molar-refractivity contribution in [1.82, 2.24) is 24.5 Å². The summed E-state index contributed by atoms with van der Waals surface area (Å²) in [6.07, 6.45) is 5.47. The molecule has 0 amide bonds. The van der Waals surface area contributed by atoms with Gasteiger partial charge in [0.05, 0.1) is 22.2 Å². The normalized spacial score (nSPS) is 11.6. The molecular formula is C28H17N5. The molecule has 0 bridgehead atoms. The van der Waals surface area contributed by atoms with Gasteiger partial charge >= 0.3 is 0 Å². The predicted octanol–water partition coefficient (Wildman–Crippen LogP) is 6.34. The highest BCUT2D eigenvalue weighted by Gasteiger charge is 2.16. The number of fused-ring (bicyclic) bond motifs is 6. The van der Waals surface area contributed by atoms with Crippen molar-refractivity contribution in [3.8, 4) is 17.1 Å². The summed E-state index contributed by atoms with van der Waals surface area (Å²) in [5.41, 5.74) is 5.76. The van der Waals surface area contributed by atoms with Crippen LogP contribution in [0.5, 0.6) is 0 Å². The fourth-order valence-electron chi connectivity index (χ4n) is 4.61. The fraction of sp³-hybridized carbons (Fsp3) is 0. The zero-order chi connectivity index (χ0) is 21.8. The van der Waals surface area contributed by atoms with Gasteiger partial charge in [-0.15, -0.1) is 0 Å². The van der Waals surface area contributed by atoms with E-state index in [2.05, 4.69) is 69.1 Å². The molecule has 7 rings (SSSR count). The van der Waals surface area contributed by atoms with E-state index in [4.69, 9.17) is 9.97 Å². The van der Waals surface area contributed by atoms with Crippen LogP contribution in [0.4, 0.5) is 0 Å². The fourth-order valence-corrected chi connectivity index (χ4v) is 4.61. The minimum absolute atomic E-state index is 0.824. The average molecular weight is 423 g/mol. The van der Waals surface area contributed by atoms with Gasteiger partial charge in [-0.25, -0.2) is 9.97 Å². The Balaban J connectivity index is 1.54. The van der Waals surface area contributed by atoms with Gasteiger partial charge in [0, 0.05) is 45.7 Å². The second-order valence-electron chi connectivity index (χ2n) is 8.04. The Morgan fingerprint density at radius 2 is 1.39 bits per heavy atom. The lowest BCUT2D eigenvalue weighted by Crippen LogP contribution is -1.99. The topological polar surface area (TPSA) is 56.5 Å². The number of benzene rings is 2. The quantitative estimate of drug-likeness (QED) is 0.305. The Morgan fingerprint density at radius 3 is 2.30 bits per heavy atom. The Hall–Kier alpha value is -4.64. The summed E-state index contributed by atoms with van der Waals surface area (Å²) in [4.78, 5) is 18.9. The summed E-state index contributed by atoms with van der Waals surface area (Å²) >= 11 is 0. The highest BCUT2D eigenvalue weighted by atomic mass is 15.1. The van der Waals surface area contributed by atoms with Crippen molar-refractivity contribution in [3.05, 3.63) is 104 Å². The van der Waals surface area contributed by atoms with Gasteiger partial charge in [0.2, 0.25) is 0 Å². The van der Waals surface area contributed by atoms with Crippen LogP contribution in [0.3, 0.4) is 0 Å². The maximum Gasteiger partial charge on any atom is 0.146 e. The molecule has 0 fully saturated rings. The van der Waals surface area contributed by atoms with Crippen molar-refractivity contribution in [2.75, 3.05) is 0 Å². The lowest BCUT2D eigenvalue weighted by atomic mass is 10.1. The third kappa shape index (κ3) is 2.72. The molecule has 0 saturated heterocycles. The summed E-state index contributed by atoms with van der Waals surface area (Å²) < 4.78 is 2.13. The van der Waals surface area contributed by atoms with Crippen LogP contribution in [-0.2, 0) is 0 Å². The molecule has 7 aromatic rings. The van der Waals surface area contributed by atoms with E-state index >= 15 is 0 Å². The van der Waals surface area contributed by atoms with Crippen LogP contribution in [0.2, 0.25) is 0 Å². The number of pyridine rings is 4. The lowest BCUT2D eigenvalue weighted by molar-refractivity contribution is 1.07. The molecule has 0 atom stereocenters. The molecule has 0 aliphatic rings. The van der Waals surface area contributed by atoms with Crippen LogP contribution < -0.4 is 0 Å². The Kier molecular flexibility index (Phi) is 3.78. The molecule has 0 unspecified atom stereocenters. The molecule has 154 valence electrons. The lowest BCUT2D eigenvalue weighted by Gasteiger charge is -2.09. The van der Waals surface area contributed by atoms with Crippen LogP contribution in [-0.4, -0.2) is 24.5 Å². The standard InChI is InChI=1S/C28H17N5/c1-2-14-29-23(7-1)20-10-12-24-22(17-20)21-6-4-16-31-28(21)33(24)25-13-11-19-9-8-18-5-3-15-30-26(18)27(19)32-25/h1-17H. The summed E-state index contributed by atoms with van der Waals surface area (Å²) in [7, 11) is 0. The molecule has 0 saturated carbocycles. The number of hydrogen-bond donors (Lipinski definition) is 0. The Bertz CT molecular complexity index is 1820. The Labute approximate surface area is 189 Å². The first-order valence-corrected chi connectivity index (χ1v) is 10.8. The molecule has 5 heterocycles. The molecule has 2 aromatic carbocycles. The second kappa shape index (κ2) is 6.93. The van der Waals surface area contributed by atoms with Crippen molar-refractivity contribution in [2.45, 2.75) is 0 Å². The third-order valence-corrected chi connectivity index (χ3v) is 6.13. The highest BCUT2D eigenvalue weighted by Crippen LogP contribution is 2.34. The van der Waals surface area contributed by atoms with Gasteiger partial charge < -0.3 is 0 Å². The molecule has 5 aromatic heterocycles. The number of nitrogens with zero attached hydrogens (tertiary/aromatic N) is 5. The maximum absolute atomic E-state index is 5.07. The average Bonchev–Trinajstić information content (AvgIpc) is 3.22. The molecule has 0 N–H and O–H groups in total. The zero-order valence-corrected chi connectivity index (χ0v) is 17.6. The van der Waals surface area contributed by atoms with Gasteiger partial charge in [-0.3, -0.25) is 14.5 Å². The van der Waals surface area contributed by atoms with E-state index in [1.54, 1.807) is 0 Å².